The van der Waals surface area contributed by atoms with E-state index < -0.39 is 0 Å². The van der Waals surface area contributed by atoms with Crippen molar-refractivity contribution < 1.29 is 9.53 Å². The maximum Gasteiger partial charge on any atom is 0.236 e. The van der Waals surface area contributed by atoms with E-state index >= 15 is 0 Å². The van der Waals surface area contributed by atoms with Crippen LogP contribution >= 0.6 is 0 Å². The van der Waals surface area contributed by atoms with Crippen LogP contribution in [0.3, 0.4) is 0 Å². The first-order chi connectivity index (χ1) is 10.7. The molecule has 5 nitrogen and oxygen atoms in total. The van der Waals surface area contributed by atoms with Gasteiger partial charge in [0, 0.05) is 46.4 Å². The molecule has 1 aromatic rings. The maximum atomic E-state index is 12.1. The molecule has 1 amide bonds. The van der Waals surface area contributed by atoms with Crippen LogP contribution in [0.4, 0.5) is 0 Å². The molecule has 1 heterocycles. The van der Waals surface area contributed by atoms with Crippen LogP contribution in [0.1, 0.15) is 11.1 Å². The molecule has 0 spiro atoms. The summed E-state index contributed by atoms with van der Waals surface area (Å²) >= 11 is 0. The van der Waals surface area contributed by atoms with Crippen LogP contribution in [0.2, 0.25) is 0 Å². The highest BCUT2D eigenvalue weighted by Crippen LogP contribution is 2.12. The highest BCUT2D eigenvalue weighted by Gasteiger charge is 2.20. The molecule has 1 aliphatic rings. The largest absolute Gasteiger partial charge is 0.383 e. The van der Waals surface area contributed by atoms with E-state index in [2.05, 4.69) is 41.4 Å². The van der Waals surface area contributed by atoms with Gasteiger partial charge in [0.15, 0.2) is 0 Å². The summed E-state index contributed by atoms with van der Waals surface area (Å²) in [5.74, 6) is 0.187. The molecule has 1 N–H and O–H groups in total. The number of amides is 1. The maximum absolute atomic E-state index is 12.1. The van der Waals surface area contributed by atoms with Crippen LogP contribution in [0.5, 0.6) is 0 Å². The minimum atomic E-state index is 0.187. The Morgan fingerprint density at radius 2 is 1.95 bits per heavy atom. The molecule has 1 saturated heterocycles. The number of benzene rings is 1. The summed E-state index contributed by atoms with van der Waals surface area (Å²) in [6.07, 6.45) is 0. The zero-order valence-electron chi connectivity index (χ0n) is 13.7. The van der Waals surface area contributed by atoms with Crippen molar-refractivity contribution in [2.24, 2.45) is 0 Å². The third kappa shape index (κ3) is 5.09. The lowest BCUT2D eigenvalue weighted by Gasteiger charge is -2.35. The Bertz CT molecular complexity index is 471. The van der Waals surface area contributed by atoms with Gasteiger partial charge in [-0.3, -0.25) is 9.69 Å². The summed E-state index contributed by atoms with van der Waals surface area (Å²) in [4.78, 5) is 16.5. The van der Waals surface area contributed by atoms with E-state index in [0.29, 0.717) is 13.2 Å². The fourth-order valence-corrected chi connectivity index (χ4v) is 2.67. The first kappa shape index (κ1) is 16.9. The SMILES string of the molecule is COCCNCC(=O)N1CCN(Cc2ccccc2C)CC1. The number of hydrogen-bond acceptors (Lipinski definition) is 4. The van der Waals surface area contributed by atoms with E-state index in [9.17, 15) is 4.79 Å². The lowest BCUT2D eigenvalue weighted by Crippen LogP contribution is -2.50. The van der Waals surface area contributed by atoms with E-state index in [0.717, 1.165) is 39.3 Å². The average molecular weight is 305 g/mol. The molecular formula is C17H27N3O2. The number of hydrogen-bond donors (Lipinski definition) is 1. The number of piperazine rings is 1. The molecule has 0 radical (unpaired) electrons. The molecule has 0 aromatic heterocycles. The molecule has 0 aliphatic carbocycles. The number of carbonyl (C=O) groups is 1. The summed E-state index contributed by atoms with van der Waals surface area (Å²) in [5.41, 5.74) is 2.71. The second-order valence-corrected chi connectivity index (χ2v) is 5.75. The molecular weight excluding hydrogens is 278 g/mol. The predicted molar refractivity (Wildman–Crippen MR) is 87.8 cm³/mol. The predicted octanol–water partition coefficient (Wildman–Crippen LogP) is 0.875. The fraction of sp³-hybridized carbons (Fsp3) is 0.588. The smallest absolute Gasteiger partial charge is 0.236 e. The van der Waals surface area contributed by atoms with Crippen LogP contribution < -0.4 is 5.32 Å². The number of nitrogens with one attached hydrogen (secondary N) is 1. The average Bonchev–Trinajstić information content (AvgIpc) is 2.54. The number of ether oxygens (including phenoxy) is 1. The van der Waals surface area contributed by atoms with Crippen molar-refractivity contribution in [2.45, 2.75) is 13.5 Å². The van der Waals surface area contributed by atoms with Crippen molar-refractivity contribution in [2.75, 3.05) is 53.0 Å². The summed E-state index contributed by atoms with van der Waals surface area (Å²) in [5, 5.41) is 3.11. The highest BCUT2D eigenvalue weighted by atomic mass is 16.5. The Labute approximate surface area is 133 Å². The van der Waals surface area contributed by atoms with E-state index in [1.165, 1.54) is 11.1 Å². The fourth-order valence-electron chi connectivity index (χ4n) is 2.67. The minimum absolute atomic E-state index is 0.187. The number of aryl methyl sites for hydroxylation is 1. The van der Waals surface area contributed by atoms with Gasteiger partial charge in [-0.25, -0.2) is 0 Å². The normalized spacial score (nSPS) is 16.0. The number of methoxy groups -OCH3 is 1. The van der Waals surface area contributed by atoms with Crippen molar-refractivity contribution in [1.82, 2.24) is 15.1 Å². The zero-order chi connectivity index (χ0) is 15.8. The third-order valence-corrected chi connectivity index (χ3v) is 4.14. The Balaban J connectivity index is 1.71. The molecule has 0 bridgehead atoms. The van der Waals surface area contributed by atoms with Crippen LogP contribution in [0.25, 0.3) is 0 Å². The van der Waals surface area contributed by atoms with Crippen molar-refractivity contribution in [3.63, 3.8) is 0 Å². The van der Waals surface area contributed by atoms with Crippen molar-refractivity contribution >= 4 is 5.91 Å². The monoisotopic (exact) mass is 305 g/mol. The number of carbonyl (C=O) groups excluding carboxylic acids is 1. The standard InChI is InChI=1S/C17H27N3O2/c1-15-5-3-4-6-16(15)14-19-8-10-20(11-9-19)17(21)13-18-7-12-22-2/h3-6,18H,7-14H2,1-2H3. The molecule has 1 aliphatic heterocycles. The molecule has 2 rings (SSSR count). The third-order valence-electron chi connectivity index (χ3n) is 4.14. The van der Waals surface area contributed by atoms with E-state index in [1.54, 1.807) is 7.11 Å². The first-order valence-corrected chi connectivity index (χ1v) is 7.95. The van der Waals surface area contributed by atoms with Gasteiger partial charge >= 0.3 is 0 Å². The van der Waals surface area contributed by atoms with Crippen molar-refractivity contribution in [1.29, 1.82) is 0 Å². The van der Waals surface area contributed by atoms with Gasteiger partial charge in [0.25, 0.3) is 0 Å². The minimum Gasteiger partial charge on any atom is -0.383 e. The lowest BCUT2D eigenvalue weighted by atomic mass is 10.1. The Morgan fingerprint density at radius 3 is 2.64 bits per heavy atom. The highest BCUT2D eigenvalue weighted by molar-refractivity contribution is 5.78. The Morgan fingerprint density at radius 1 is 1.23 bits per heavy atom. The molecule has 0 atom stereocenters. The molecule has 5 heteroatoms. The van der Waals surface area contributed by atoms with Gasteiger partial charge in [-0.2, -0.15) is 0 Å². The quantitative estimate of drug-likeness (QED) is 0.760. The zero-order valence-corrected chi connectivity index (χ0v) is 13.7. The summed E-state index contributed by atoms with van der Waals surface area (Å²) in [7, 11) is 1.66. The van der Waals surface area contributed by atoms with Crippen LogP contribution in [-0.2, 0) is 16.1 Å². The van der Waals surface area contributed by atoms with Gasteiger partial charge in [-0.15, -0.1) is 0 Å². The van der Waals surface area contributed by atoms with Gasteiger partial charge < -0.3 is 15.0 Å². The number of rotatable bonds is 7. The van der Waals surface area contributed by atoms with Crippen molar-refractivity contribution in [3.05, 3.63) is 35.4 Å². The van der Waals surface area contributed by atoms with E-state index in [-0.39, 0.29) is 5.91 Å². The van der Waals surface area contributed by atoms with Crippen LogP contribution in [-0.4, -0.2) is 68.7 Å². The van der Waals surface area contributed by atoms with Crippen molar-refractivity contribution in [3.8, 4) is 0 Å². The summed E-state index contributed by atoms with van der Waals surface area (Å²) < 4.78 is 4.96. The van der Waals surface area contributed by atoms with Gasteiger partial charge in [0.2, 0.25) is 5.91 Å². The second-order valence-electron chi connectivity index (χ2n) is 5.75. The van der Waals surface area contributed by atoms with Gasteiger partial charge in [0.1, 0.15) is 0 Å². The van der Waals surface area contributed by atoms with Crippen LogP contribution in [0.15, 0.2) is 24.3 Å². The number of nitrogens with zero attached hydrogens (tertiary/aromatic N) is 2. The van der Waals surface area contributed by atoms with Gasteiger partial charge in [0.05, 0.1) is 13.2 Å². The first-order valence-electron chi connectivity index (χ1n) is 7.95. The summed E-state index contributed by atoms with van der Waals surface area (Å²) in [6, 6.07) is 8.51. The summed E-state index contributed by atoms with van der Waals surface area (Å²) in [6.45, 7) is 8.40. The molecule has 122 valence electrons. The molecule has 1 aromatic carbocycles. The Hall–Kier alpha value is -1.43. The van der Waals surface area contributed by atoms with E-state index in [4.69, 9.17) is 4.74 Å². The molecule has 0 saturated carbocycles. The molecule has 22 heavy (non-hydrogen) atoms. The van der Waals surface area contributed by atoms with Crippen LogP contribution in [0, 0.1) is 6.92 Å². The molecule has 0 unspecified atom stereocenters. The van der Waals surface area contributed by atoms with Gasteiger partial charge in [-0.05, 0) is 18.1 Å². The topological polar surface area (TPSA) is 44.8 Å². The van der Waals surface area contributed by atoms with E-state index in [1.807, 2.05) is 4.90 Å². The molecule has 1 fully saturated rings. The Kier molecular flexibility index (Phi) is 6.83. The lowest BCUT2D eigenvalue weighted by molar-refractivity contribution is -0.132. The van der Waals surface area contributed by atoms with Gasteiger partial charge in [-0.1, -0.05) is 24.3 Å². The second kappa shape index (κ2) is 8.88.